The topological polar surface area (TPSA) is 0 Å². The van der Waals surface area contributed by atoms with Crippen molar-refractivity contribution in [3.05, 3.63) is 70.5 Å². The minimum Gasteiger partial charge on any atom is -0.207 e. The Morgan fingerprint density at radius 2 is 1.48 bits per heavy atom. The van der Waals surface area contributed by atoms with Crippen LogP contribution >= 0.6 is 11.6 Å². The quantitative estimate of drug-likeness (QED) is 0.509. The molecule has 0 spiro atoms. The van der Waals surface area contributed by atoms with Gasteiger partial charge in [0.15, 0.2) is 0 Å². The molecule has 2 aromatic carbocycles. The van der Waals surface area contributed by atoms with E-state index in [2.05, 4.69) is 0 Å². The first-order valence-electron chi connectivity index (χ1n) is 5.66. The van der Waals surface area contributed by atoms with Gasteiger partial charge in [0.2, 0.25) is 0 Å². The molecule has 21 heavy (non-hydrogen) atoms. The molecule has 0 saturated carbocycles. The van der Waals surface area contributed by atoms with Gasteiger partial charge in [0.25, 0.3) is 0 Å². The summed E-state index contributed by atoms with van der Waals surface area (Å²) < 4.78 is 77.7. The van der Waals surface area contributed by atoms with Crippen molar-refractivity contribution in [2.45, 2.75) is 11.6 Å². The Morgan fingerprint density at radius 1 is 0.857 bits per heavy atom. The van der Waals surface area contributed by atoms with E-state index in [1.165, 1.54) is 0 Å². The zero-order chi connectivity index (χ0) is 15.8. The van der Waals surface area contributed by atoms with Crippen LogP contribution in [0.3, 0.4) is 0 Å². The zero-order valence-corrected chi connectivity index (χ0v) is 10.9. The maximum absolute atomic E-state index is 13.6. The van der Waals surface area contributed by atoms with Crippen LogP contribution in [0.25, 0.3) is 0 Å². The van der Waals surface area contributed by atoms with Crippen molar-refractivity contribution in [3.63, 3.8) is 0 Å². The molecular weight excluding hydrogens is 318 g/mol. The first-order chi connectivity index (χ1) is 9.70. The van der Waals surface area contributed by atoms with Crippen LogP contribution in [0.5, 0.6) is 0 Å². The molecule has 1 atom stereocenters. The fraction of sp³-hybridized carbons (Fsp3) is 0.143. The Balaban J connectivity index is 2.49. The lowest BCUT2D eigenvalue weighted by molar-refractivity contribution is -0.140. The molecule has 0 bridgehead atoms. The van der Waals surface area contributed by atoms with Crippen molar-refractivity contribution < 1.29 is 26.3 Å². The number of benzene rings is 2. The molecule has 2 rings (SSSR count). The summed E-state index contributed by atoms with van der Waals surface area (Å²) in [5.74, 6) is -3.11. The Labute approximate surface area is 121 Å². The van der Waals surface area contributed by atoms with Gasteiger partial charge in [0, 0.05) is 5.56 Å². The highest BCUT2D eigenvalue weighted by Crippen LogP contribution is 2.36. The monoisotopic (exact) mass is 324 g/mol. The van der Waals surface area contributed by atoms with Crippen LogP contribution < -0.4 is 0 Å². The second-order valence-corrected chi connectivity index (χ2v) is 4.70. The Morgan fingerprint density at radius 3 is 2.10 bits per heavy atom. The summed E-state index contributed by atoms with van der Waals surface area (Å²) in [7, 11) is 0. The summed E-state index contributed by atoms with van der Waals surface area (Å²) in [6, 6.07) is 4.51. The maximum Gasteiger partial charge on any atom is 0.419 e. The van der Waals surface area contributed by atoms with Gasteiger partial charge in [-0.2, -0.15) is 13.2 Å². The SMILES string of the molecule is Fc1ccc(F)c(C(Cl)c2ccc(F)c(C(F)(F)F)c2)c1. The number of rotatable bonds is 2. The molecule has 7 heteroatoms. The zero-order valence-electron chi connectivity index (χ0n) is 10.2. The van der Waals surface area contributed by atoms with Gasteiger partial charge in [0.1, 0.15) is 17.5 Å². The van der Waals surface area contributed by atoms with Gasteiger partial charge < -0.3 is 0 Å². The number of alkyl halides is 4. The minimum absolute atomic E-state index is 0.185. The largest absolute Gasteiger partial charge is 0.419 e. The summed E-state index contributed by atoms with van der Waals surface area (Å²) in [6.07, 6.45) is -4.91. The van der Waals surface area contributed by atoms with Gasteiger partial charge in [-0.05, 0) is 35.9 Å². The van der Waals surface area contributed by atoms with Crippen LogP contribution in [0.1, 0.15) is 22.1 Å². The molecule has 0 aromatic heterocycles. The van der Waals surface area contributed by atoms with Crippen LogP contribution in [0, 0.1) is 17.5 Å². The van der Waals surface area contributed by atoms with Crippen LogP contribution in [-0.2, 0) is 6.18 Å². The third-order valence-electron chi connectivity index (χ3n) is 2.82. The second-order valence-electron chi connectivity index (χ2n) is 4.27. The van der Waals surface area contributed by atoms with Crippen molar-refractivity contribution in [1.82, 2.24) is 0 Å². The van der Waals surface area contributed by atoms with Gasteiger partial charge >= 0.3 is 6.18 Å². The van der Waals surface area contributed by atoms with Crippen LogP contribution in [0.15, 0.2) is 36.4 Å². The van der Waals surface area contributed by atoms with Crippen molar-refractivity contribution in [2.24, 2.45) is 0 Å². The van der Waals surface area contributed by atoms with Crippen molar-refractivity contribution in [3.8, 4) is 0 Å². The first kappa shape index (κ1) is 15.7. The molecule has 0 amide bonds. The molecule has 112 valence electrons. The second kappa shape index (κ2) is 5.60. The molecule has 0 radical (unpaired) electrons. The average Bonchev–Trinajstić information content (AvgIpc) is 2.40. The smallest absolute Gasteiger partial charge is 0.207 e. The van der Waals surface area contributed by atoms with Crippen LogP contribution in [-0.4, -0.2) is 0 Å². The molecule has 0 fully saturated rings. The van der Waals surface area contributed by atoms with Crippen molar-refractivity contribution in [2.75, 3.05) is 0 Å². The van der Waals surface area contributed by atoms with E-state index >= 15 is 0 Å². The van der Waals surface area contributed by atoms with E-state index in [1.807, 2.05) is 0 Å². The average molecular weight is 325 g/mol. The molecule has 0 saturated heterocycles. The molecule has 1 unspecified atom stereocenters. The van der Waals surface area contributed by atoms with E-state index in [-0.39, 0.29) is 11.1 Å². The predicted molar refractivity (Wildman–Crippen MR) is 65.5 cm³/mol. The molecular formula is C14H7ClF6. The highest BCUT2D eigenvalue weighted by Gasteiger charge is 2.34. The Kier molecular flexibility index (Phi) is 4.18. The van der Waals surface area contributed by atoms with Crippen LogP contribution in [0.2, 0.25) is 0 Å². The van der Waals surface area contributed by atoms with E-state index in [0.717, 1.165) is 24.3 Å². The minimum atomic E-state index is -4.91. The molecule has 0 nitrogen and oxygen atoms in total. The van der Waals surface area contributed by atoms with Gasteiger partial charge in [0.05, 0.1) is 10.9 Å². The van der Waals surface area contributed by atoms with E-state index in [1.54, 1.807) is 0 Å². The van der Waals surface area contributed by atoms with Crippen molar-refractivity contribution in [1.29, 1.82) is 0 Å². The summed E-state index contributed by atoms with van der Waals surface area (Å²) in [6.45, 7) is 0. The maximum atomic E-state index is 13.6. The standard InChI is InChI=1S/C14H7ClF6/c15-13(9-6-8(16)2-4-11(9)17)7-1-3-12(18)10(5-7)14(19,20)21/h1-6,13H. The van der Waals surface area contributed by atoms with Gasteiger partial charge in [-0.3, -0.25) is 0 Å². The third-order valence-corrected chi connectivity index (χ3v) is 3.31. The van der Waals surface area contributed by atoms with Gasteiger partial charge in [-0.25, -0.2) is 13.2 Å². The van der Waals surface area contributed by atoms with E-state index in [0.29, 0.717) is 12.1 Å². The molecule has 0 aliphatic heterocycles. The number of halogens is 7. The Hall–Kier alpha value is -1.69. The van der Waals surface area contributed by atoms with E-state index in [4.69, 9.17) is 11.6 Å². The molecule has 0 aliphatic rings. The summed E-state index contributed by atoms with van der Waals surface area (Å²) in [5, 5.41) is -1.37. The van der Waals surface area contributed by atoms with Crippen LogP contribution in [0.4, 0.5) is 26.3 Å². The lowest BCUT2D eigenvalue weighted by Gasteiger charge is -2.14. The predicted octanol–water partition coefficient (Wildman–Crippen LogP) is 5.45. The van der Waals surface area contributed by atoms with Gasteiger partial charge in [-0.1, -0.05) is 6.07 Å². The molecule has 0 N–H and O–H groups in total. The van der Waals surface area contributed by atoms with E-state index < -0.39 is 34.6 Å². The summed E-state index contributed by atoms with van der Waals surface area (Å²) >= 11 is 5.89. The number of hydrogen-bond donors (Lipinski definition) is 0. The highest BCUT2D eigenvalue weighted by atomic mass is 35.5. The Bertz CT molecular complexity index is 665. The van der Waals surface area contributed by atoms with E-state index in [9.17, 15) is 26.3 Å². The lowest BCUT2D eigenvalue weighted by Crippen LogP contribution is -2.09. The lowest BCUT2D eigenvalue weighted by atomic mass is 10.0. The fourth-order valence-corrected chi connectivity index (χ4v) is 2.11. The normalized spacial score (nSPS) is 13.3. The fourth-order valence-electron chi connectivity index (χ4n) is 1.81. The third kappa shape index (κ3) is 3.32. The van der Waals surface area contributed by atoms with Crippen molar-refractivity contribution >= 4 is 11.6 Å². The first-order valence-corrected chi connectivity index (χ1v) is 6.09. The number of hydrogen-bond acceptors (Lipinski definition) is 0. The molecule has 2 aromatic rings. The molecule has 0 heterocycles. The molecule has 0 aliphatic carbocycles. The highest BCUT2D eigenvalue weighted by molar-refractivity contribution is 6.22. The summed E-state index contributed by atoms with van der Waals surface area (Å²) in [5.41, 5.74) is -2.02. The van der Waals surface area contributed by atoms with Gasteiger partial charge in [-0.15, -0.1) is 11.6 Å². The summed E-state index contributed by atoms with van der Waals surface area (Å²) in [4.78, 5) is 0.